The zero-order valence-corrected chi connectivity index (χ0v) is 13.8. The first-order chi connectivity index (χ1) is 10.8. The molecule has 0 amide bonds. The fraction of sp³-hybridized carbons (Fsp3) is 0.375. The highest BCUT2D eigenvalue weighted by molar-refractivity contribution is 7.07. The van der Waals surface area contributed by atoms with Crippen LogP contribution in [-0.2, 0) is 0 Å². The van der Waals surface area contributed by atoms with Gasteiger partial charge in [0, 0.05) is 19.8 Å². The molecule has 2 aromatic rings. The second-order valence-corrected chi connectivity index (χ2v) is 5.65. The Morgan fingerprint density at radius 3 is 3.00 bits per heavy atom. The van der Waals surface area contributed by atoms with E-state index in [1.807, 2.05) is 12.1 Å². The second kappa shape index (κ2) is 9.04. The van der Waals surface area contributed by atoms with Crippen LogP contribution in [0.1, 0.15) is 18.4 Å². The molecule has 0 aliphatic heterocycles. The molecule has 1 atom stereocenters. The molecular weight excluding hydrogens is 296 g/mol. The van der Waals surface area contributed by atoms with Crippen molar-refractivity contribution in [1.82, 2.24) is 15.6 Å². The SMILES string of the molecule is CN=C(NCCOc1cccnc1)NCC(C)c1ccsc1. The van der Waals surface area contributed by atoms with Crippen molar-refractivity contribution in [2.24, 2.45) is 4.99 Å². The highest BCUT2D eigenvalue weighted by Gasteiger charge is 2.06. The molecule has 0 radical (unpaired) electrons. The molecule has 0 fully saturated rings. The van der Waals surface area contributed by atoms with Crippen LogP contribution < -0.4 is 15.4 Å². The maximum absolute atomic E-state index is 5.58. The van der Waals surface area contributed by atoms with Crippen LogP contribution in [0.2, 0.25) is 0 Å². The summed E-state index contributed by atoms with van der Waals surface area (Å²) in [6.45, 7) is 4.29. The lowest BCUT2D eigenvalue weighted by Gasteiger charge is -2.15. The van der Waals surface area contributed by atoms with E-state index in [0.717, 1.165) is 18.3 Å². The summed E-state index contributed by atoms with van der Waals surface area (Å²) in [5, 5.41) is 10.9. The van der Waals surface area contributed by atoms with E-state index in [9.17, 15) is 0 Å². The first-order valence-corrected chi connectivity index (χ1v) is 8.23. The van der Waals surface area contributed by atoms with Crippen molar-refractivity contribution in [3.05, 3.63) is 46.9 Å². The van der Waals surface area contributed by atoms with Crippen molar-refractivity contribution in [3.8, 4) is 5.75 Å². The molecule has 0 bridgehead atoms. The van der Waals surface area contributed by atoms with Crippen LogP contribution >= 0.6 is 11.3 Å². The Morgan fingerprint density at radius 2 is 2.32 bits per heavy atom. The van der Waals surface area contributed by atoms with Crippen LogP contribution in [0.4, 0.5) is 0 Å². The van der Waals surface area contributed by atoms with E-state index in [1.54, 1.807) is 30.8 Å². The third-order valence-corrected chi connectivity index (χ3v) is 3.91. The molecule has 0 aromatic carbocycles. The third-order valence-electron chi connectivity index (χ3n) is 3.21. The number of rotatable bonds is 7. The first-order valence-electron chi connectivity index (χ1n) is 7.29. The summed E-state index contributed by atoms with van der Waals surface area (Å²) in [5.41, 5.74) is 1.35. The molecule has 0 saturated carbocycles. The lowest BCUT2D eigenvalue weighted by Crippen LogP contribution is -2.40. The van der Waals surface area contributed by atoms with Gasteiger partial charge in [0.15, 0.2) is 5.96 Å². The summed E-state index contributed by atoms with van der Waals surface area (Å²) >= 11 is 1.73. The standard InChI is InChI=1S/C16H22N4OS/c1-13(14-5-9-22-12-14)10-20-16(17-2)19-7-8-21-15-4-3-6-18-11-15/h3-6,9,11-13H,7-8,10H2,1-2H3,(H2,17,19,20). The molecule has 22 heavy (non-hydrogen) atoms. The molecule has 2 N–H and O–H groups in total. The number of aromatic nitrogens is 1. The molecule has 2 rings (SSSR count). The van der Waals surface area contributed by atoms with Gasteiger partial charge < -0.3 is 15.4 Å². The van der Waals surface area contributed by atoms with Gasteiger partial charge in [-0.15, -0.1) is 0 Å². The van der Waals surface area contributed by atoms with Crippen molar-refractivity contribution < 1.29 is 4.74 Å². The van der Waals surface area contributed by atoms with Crippen LogP contribution in [-0.4, -0.2) is 37.7 Å². The van der Waals surface area contributed by atoms with Crippen molar-refractivity contribution >= 4 is 17.3 Å². The van der Waals surface area contributed by atoms with Gasteiger partial charge in [-0.1, -0.05) is 6.92 Å². The normalized spacial score (nSPS) is 12.7. The highest BCUT2D eigenvalue weighted by Crippen LogP contribution is 2.16. The number of thiophene rings is 1. The monoisotopic (exact) mass is 318 g/mol. The minimum absolute atomic E-state index is 0.455. The highest BCUT2D eigenvalue weighted by atomic mass is 32.1. The Labute approximate surface area is 135 Å². The Bertz CT molecular complexity index is 557. The minimum atomic E-state index is 0.455. The van der Waals surface area contributed by atoms with E-state index in [-0.39, 0.29) is 0 Å². The second-order valence-electron chi connectivity index (χ2n) is 4.87. The van der Waals surface area contributed by atoms with Gasteiger partial charge in [0.05, 0.1) is 12.7 Å². The molecule has 1 unspecified atom stereocenters. The molecular formula is C16H22N4OS. The van der Waals surface area contributed by atoms with Crippen molar-refractivity contribution in [3.63, 3.8) is 0 Å². The first kappa shape index (κ1) is 16.3. The number of ether oxygens (including phenoxy) is 1. The number of aliphatic imine (C=N–C) groups is 1. The molecule has 118 valence electrons. The zero-order valence-electron chi connectivity index (χ0n) is 13.0. The summed E-state index contributed by atoms with van der Waals surface area (Å²) in [4.78, 5) is 8.22. The van der Waals surface area contributed by atoms with Gasteiger partial charge in [0.1, 0.15) is 12.4 Å². The average molecular weight is 318 g/mol. The van der Waals surface area contributed by atoms with Crippen molar-refractivity contribution in [2.75, 3.05) is 26.7 Å². The van der Waals surface area contributed by atoms with Crippen molar-refractivity contribution in [1.29, 1.82) is 0 Å². The lowest BCUT2D eigenvalue weighted by atomic mass is 10.1. The van der Waals surface area contributed by atoms with Crippen LogP contribution in [0.5, 0.6) is 5.75 Å². The largest absolute Gasteiger partial charge is 0.490 e. The van der Waals surface area contributed by atoms with Gasteiger partial charge in [-0.25, -0.2) is 0 Å². The Morgan fingerprint density at radius 1 is 1.41 bits per heavy atom. The van der Waals surface area contributed by atoms with Gasteiger partial charge >= 0.3 is 0 Å². The molecule has 0 aliphatic carbocycles. The maximum Gasteiger partial charge on any atom is 0.191 e. The maximum atomic E-state index is 5.58. The number of hydrogen-bond donors (Lipinski definition) is 2. The average Bonchev–Trinajstić information content (AvgIpc) is 3.09. The van der Waals surface area contributed by atoms with E-state index in [1.165, 1.54) is 5.56 Å². The topological polar surface area (TPSA) is 58.5 Å². The molecule has 0 saturated heterocycles. The van der Waals surface area contributed by atoms with E-state index in [0.29, 0.717) is 19.1 Å². The molecule has 5 nitrogen and oxygen atoms in total. The Balaban J connectivity index is 1.65. The van der Waals surface area contributed by atoms with Crippen molar-refractivity contribution in [2.45, 2.75) is 12.8 Å². The van der Waals surface area contributed by atoms with Gasteiger partial charge in [-0.2, -0.15) is 11.3 Å². The van der Waals surface area contributed by atoms with Gasteiger partial charge in [-0.3, -0.25) is 9.98 Å². The number of nitrogens with zero attached hydrogens (tertiary/aromatic N) is 2. The Kier molecular flexibility index (Phi) is 6.70. The minimum Gasteiger partial charge on any atom is -0.490 e. The summed E-state index contributed by atoms with van der Waals surface area (Å²) in [5.74, 6) is 2.02. The zero-order chi connectivity index (χ0) is 15.6. The van der Waals surface area contributed by atoms with Gasteiger partial charge in [-0.05, 0) is 40.4 Å². The molecule has 2 aromatic heterocycles. The van der Waals surface area contributed by atoms with E-state index in [2.05, 4.69) is 44.4 Å². The van der Waals surface area contributed by atoms with E-state index >= 15 is 0 Å². The fourth-order valence-electron chi connectivity index (χ4n) is 1.91. The summed E-state index contributed by atoms with van der Waals surface area (Å²) in [6, 6.07) is 5.91. The number of pyridine rings is 1. The Hall–Kier alpha value is -2.08. The molecule has 6 heteroatoms. The quantitative estimate of drug-likeness (QED) is 0.468. The molecule has 0 aliphatic rings. The van der Waals surface area contributed by atoms with Gasteiger partial charge in [0.2, 0.25) is 0 Å². The number of nitrogens with one attached hydrogen (secondary N) is 2. The predicted octanol–water partition coefficient (Wildman–Crippen LogP) is 2.49. The smallest absolute Gasteiger partial charge is 0.191 e. The van der Waals surface area contributed by atoms with Gasteiger partial charge in [0.25, 0.3) is 0 Å². The fourth-order valence-corrected chi connectivity index (χ4v) is 2.70. The predicted molar refractivity (Wildman–Crippen MR) is 91.8 cm³/mol. The molecule has 0 spiro atoms. The van der Waals surface area contributed by atoms with E-state index in [4.69, 9.17) is 4.74 Å². The van der Waals surface area contributed by atoms with Crippen LogP contribution in [0, 0.1) is 0 Å². The summed E-state index contributed by atoms with van der Waals surface area (Å²) in [6.07, 6.45) is 3.43. The van der Waals surface area contributed by atoms with E-state index < -0.39 is 0 Å². The number of guanidine groups is 1. The number of hydrogen-bond acceptors (Lipinski definition) is 4. The summed E-state index contributed by atoms with van der Waals surface area (Å²) < 4.78 is 5.58. The van der Waals surface area contributed by atoms with Crippen LogP contribution in [0.15, 0.2) is 46.3 Å². The van der Waals surface area contributed by atoms with Crippen LogP contribution in [0.3, 0.4) is 0 Å². The third kappa shape index (κ3) is 5.37. The molecule has 2 heterocycles. The van der Waals surface area contributed by atoms with Crippen LogP contribution in [0.25, 0.3) is 0 Å². The summed E-state index contributed by atoms with van der Waals surface area (Å²) in [7, 11) is 1.77. The lowest BCUT2D eigenvalue weighted by molar-refractivity contribution is 0.320.